The van der Waals surface area contributed by atoms with Gasteiger partial charge < -0.3 is 5.32 Å². The lowest BCUT2D eigenvalue weighted by atomic mass is 10.1. The van der Waals surface area contributed by atoms with Crippen LogP contribution in [0.25, 0.3) is 10.8 Å². The number of sulfone groups is 1. The molecule has 1 N–H and O–H groups in total. The maximum atomic E-state index is 12.5. The smallest absolute Gasteiger partial charge is 0.239 e. The molecule has 5 heteroatoms. The summed E-state index contributed by atoms with van der Waals surface area (Å²) in [6.45, 7) is 3.93. The first-order valence-corrected chi connectivity index (χ1v) is 10.2. The van der Waals surface area contributed by atoms with Gasteiger partial charge >= 0.3 is 0 Å². The molecule has 1 amide bonds. The summed E-state index contributed by atoms with van der Waals surface area (Å²) in [5.41, 5.74) is 3.48. The molecule has 4 nitrogen and oxygen atoms in total. The molecule has 0 radical (unpaired) electrons. The monoisotopic (exact) mass is 367 g/mol. The van der Waals surface area contributed by atoms with Crippen molar-refractivity contribution in [1.82, 2.24) is 0 Å². The fourth-order valence-electron chi connectivity index (χ4n) is 2.92. The molecular weight excluding hydrogens is 346 g/mol. The van der Waals surface area contributed by atoms with Gasteiger partial charge in [0, 0.05) is 5.69 Å². The maximum absolute atomic E-state index is 12.5. The van der Waals surface area contributed by atoms with E-state index in [1.807, 2.05) is 62.4 Å². The number of fused-ring (bicyclic) bond motifs is 1. The molecule has 0 saturated carbocycles. The van der Waals surface area contributed by atoms with E-state index in [-0.39, 0.29) is 5.75 Å². The molecule has 0 aromatic heterocycles. The minimum absolute atomic E-state index is 0.158. The van der Waals surface area contributed by atoms with Crippen molar-refractivity contribution < 1.29 is 13.2 Å². The first kappa shape index (κ1) is 18.1. The fourth-order valence-corrected chi connectivity index (χ4v) is 4.22. The average Bonchev–Trinajstić information content (AvgIpc) is 2.57. The van der Waals surface area contributed by atoms with Crippen molar-refractivity contribution in [2.75, 3.05) is 11.1 Å². The highest BCUT2D eigenvalue weighted by Crippen LogP contribution is 2.21. The summed E-state index contributed by atoms with van der Waals surface area (Å²) in [5.74, 6) is -1.22. The van der Waals surface area contributed by atoms with Crippen molar-refractivity contribution in [3.8, 4) is 0 Å². The summed E-state index contributed by atoms with van der Waals surface area (Å²) in [4.78, 5) is 12.2. The Labute approximate surface area is 153 Å². The van der Waals surface area contributed by atoms with Gasteiger partial charge in [-0.15, -0.1) is 0 Å². The number of anilines is 1. The van der Waals surface area contributed by atoms with Crippen LogP contribution in [0.2, 0.25) is 0 Å². The van der Waals surface area contributed by atoms with Crippen molar-refractivity contribution >= 4 is 32.2 Å². The quantitative estimate of drug-likeness (QED) is 0.741. The molecule has 26 heavy (non-hydrogen) atoms. The topological polar surface area (TPSA) is 63.2 Å². The van der Waals surface area contributed by atoms with Gasteiger partial charge in [-0.05, 0) is 53.4 Å². The van der Waals surface area contributed by atoms with Crippen LogP contribution in [0.5, 0.6) is 0 Å². The van der Waals surface area contributed by atoms with Crippen molar-refractivity contribution in [2.24, 2.45) is 0 Å². The van der Waals surface area contributed by atoms with E-state index in [1.54, 1.807) is 12.1 Å². The molecule has 3 aromatic rings. The first-order chi connectivity index (χ1) is 12.3. The molecule has 0 aliphatic heterocycles. The van der Waals surface area contributed by atoms with Gasteiger partial charge in [-0.25, -0.2) is 8.42 Å². The van der Waals surface area contributed by atoms with Gasteiger partial charge in [0.1, 0.15) is 5.75 Å². The molecule has 0 heterocycles. The fraction of sp³-hybridized carbons (Fsp3) is 0.190. The number of rotatable bonds is 5. The van der Waals surface area contributed by atoms with Crippen LogP contribution in [0.4, 0.5) is 5.69 Å². The van der Waals surface area contributed by atoms with E-state index < -0.39 is 21.5 Å². The van der Waals surface area contributed by atoms with Crippen LogP contribution in [-0.2, 0) is 20.4 Å². The summed E-state index contributed by atoms with van der Waals surface area (Å²) in [6, 6.07) is 18.7. The molecule has 0 aliphatic rings. The Hall–Kier alpha value is -2.66. The number of hydrogen-bond acceptors (Lipinski definition) is 3. The van der Waals surface area contributed by atoms with Crippen molar-refractivity contribution in [2.45, 2.75) is 19.6 Å². The lowest BCUT2D eigenvalue weighted by Crippen LogP contribution is -2.24. The minimum atomic E-state index is -3.58. The molecule has 0 unspecified atom stereocenters. The van der Waals surface area contributed by atoms with Crippen LogP contribution in [0.3, 0.4) is 0 Å². The summed E-state index contributed by atoms with van der Waals surface area (Å²) in [6.07, 6.45) is 0. The second kappa shape index (κ2) is 7.30. The molecule has 0 saturated heterocycles. The SMILES string of the molecule is Cc1ccc(NC(=O)CS(=O)(=O)Cc2cccc3ccccc23)cc1C. The lowest BCUT2D eigenvalue weighted by Gasteiger charge is -2.10. The molecule has 3 rings (SSSR count). The lowest BCUT2D eigenvalue weighted by molar-refractivity contribution is -0.113. The summed E-state index contributed by atoms with van der Waals surface area (Å²) in [7, 11) is -3.58. The van der Waals surface area contributed by atoms with Gasteiger partial charge in [-0.3, -0.25) is 4.79 Å². The van der Waals surface area contributed by atoms with E-state index in [1.165, 1.54) is 0 Å². The van der Waals surface area contributed by atoms with E-state index in [4.69, 9.17) is 0 Å². The maximum Gasteiger partial charge on any atom is 0.239 e. The van der Waals surface area contributed by atoms with Crippen molar-refractivity contribution in [3.63, 3.8) is 0 Å². The highest BCUT2D eigenvalue weighted by atomic mass is 32.2. The largest absolute Gasteiger partial charge is 0.325 e. The number of aryl methyl sites for hydroxylation is 2. The summed E-state index contributed by atoms with van der Waals surface area (Å²) >= 11 is 0. The predicted octanol–water partition coefficient (Wildman–Crippen LogP) is 4.01. The third-order valence-electron chi connectivity index (χ3n) is 4.40. The normalized spacial score (nSPS) is 11.5. The number of hydrogen-bond donors (Lipinski definition) is 1. The number of nitrogens with one attached hydrogen (secondary N) is 1. The Morgan fingerprint density at radius 1 is 0.923 bits per heavy atom. The van der Waals surface area contributed by atoms with Crippen LogP contribution >= 0.6 is 0 Å². The number of benzene rings is 3. The molecule has 134 valence electrons. The van der Waals surface area contributed by atoms with Gasteiger partial charge in [-0.2, -0.15) is 0 Å². The van der Waals surface area contributed by atoms with E-state index in [2.05, 4.69) is 5.32 Å². The number of carbonyl (C=O) groups is 1. The Bertz CT molecular complexity index is 1070. The third-order valence-corrected chi connectivity index (χ3v) is 5.85. The highest BCUT2D eigenvalue weighted by Gasteiger charge is 2.19. The van der Waals surface area contributed by atoms with E-state index in [0.29, 0.717) is 11.3 Å². The Morgan fingerprint density at radius 3 is 2.42 bits per heavy atom. The van der Waals surface area contributed by atoms with Crippen LogP contribution in [0.15, 0.2) is 60.7 Å². The Kier molecular flexibility index (Phi) is 5.09. The second-order valence-corrected chi connectivity index (χ2v) is 8.58. The van der Waals surface area contributed by atoms with E-state index in [9.17, 15) is 13.2 Å². The minimum Gasteiger partial charge on any atom is -0.325 e. The van der Waals surface area contributed by atoms with Crippen LogP contribution < -0.4 is 5.32 Å². The zero-order valence-electron chi connectivity index (χ0n) is 14.8. The van der Waals surface area contributed by atoms with Gasteiger partial charge in [0.15, 0.2) is 9.84 Å². The zero-order chi connectivity index (χ0) is 18.7. The van der Waals surface area contributed by atoms with Gasteiger partial charge in [-0.1, -0.05) is 48.5 Å². The summed E-state index contributed by atoms with van der Waals surface area (Å²) in [5, 5.41) is 4.55. The Morgan fingerprint density at radius 2 is 1.65 bits per heavy atom. The molecular formula is C21H21NO3S. The zero-order valence-corrected chi connectivity index (χ0v) is 15.6. The molecule has 0 bridgehead atoms. The van der Waals surface area contributed by atoms with E-state index in [0.717, 1.165) is 21.9 Å². The first-order valence-electron chi connectivity index (χ1n) is 8.38. The number of amides is 1. The average molecular weight is 367 g/mol. The van der Waals surface area contributed by atoms with Gasteiger partial charge in [0.25, 0.3) is 0 Å². The van der Waals surface area contributed by atoms with Crippen LogP contribution in [0.1, 0.15) is 16.7 Å². The molecule has 0 atom stereocenters. The predicted molar refractivity (Wildman–Crippen MR) is 106 cm³/mol. The molecule has 0 spiro atoms. The Balaban J connectivity index is 1.73. The highest BCUT2D eigenvalue weighted by molar-refractivity contribution is 7.91. The van der Waals surface area contributed by atoms with Crippen LogP contribution in [-0.4, -0.2) is 20.1 Å². The van der Waals surface area contributed by atoms with Crippen LogP contribution in [0, 0.1) is 13.8 Å². The molecule has 0 aliphatic carbocycles. The van der Waals surface area contributed by atoms with Gasteiger partial charge in [0.2, 0.25) is 5.91 Å². The number of carbonyl (C=O) groups excluding carboxylic acids is 1. The standard InChI is InChI=1S/C21H21NO3S/c1-15-10-11-19(12-16(15)2)22-21(23)14-26(24,25)13-18-8-5-7-17-6-3-4-9-20(17)18/h3-12H,13-14H2,1-2H3,(H,22,23). The van der Waals surface area contributed by atoms with E-state index >= 15 is 0 Å². The second-order valence-electron chi connectivity index (χ2n) is 6.52. The molecule has 3 aromatic carbocycles. The third kappa shape index (κ3) is 4.29. The summed E-state index contributed by atoms with van der Waals surface area (Å²) < 4.78 is 25.0. The molecule has 0 fully saturated rings. The van der Waals surface area contributed by atoms with Crippen molar-refractivity contribution in [1.29, 1.82) is 0 Å². The van der Waals surface area contributed by atoms with Gasteiger partial charge in [0.05, 0.1) is 5.75 Å². The van der Waals surface area contributed by atoms with Crippen molar-refractivity contribution in [3.05, 3.63) is 77.4 Å².